The summed E-state index contributed by atoms with van der Waals surface area (Å²) in [6, 6.07) is 4.42. The maximum absolute atomic E-state index is 13.0. The molecule has 1 aromatic heterocycles. The van der Waals surface area contributed by atoms with Crippen LogP contribution in [0.2, 0.25) is 0 Å². The number of nitrogens with one attached hydrogen (secondary N) is 1. The summed E-state index contributed by atoms with van der Waals surface area (Å²) in [7, 11) is 1.66. The first kappa shape index (κ1) is 20.1. The lowest BCUT2D eigenvalue weighted by Crippen LogP contribution is -2.49. The highest BCUT2D eigenvalue weighted by atomic mass is 16.6. The van der Waals surface area contributed by atoms with E-state index >= 15 is 0 Å². The van der Waals surface area contributed by atoms with Crippen molar-refractivity contribution in [3.63, 3.8) is 0 Å². The van der Waals surface area contributed by atoms with E-state index in [1.54, 1.807) is 13.2 Å². The number of hydrogen-bond acceptors (Lipinski definition) is 5. The van der Waals surface area contributed by atoms with Crippen molar-refractivity contribution < 1.29 is 19.1 Å². The van der Waals surface area contributed by atoms with Gasteiger partial charge in [0.1, 0.15) is 0 Å². The van der Waals surface area contributed by atoms with E-state index in [0.717, 1.165) is 57.1 Å². The Morgan fingerprint density at radius 2 is 1.81 bits per heavy atom. The highest BCUT2D eigenvalue weighted by molar-refractivity contribution is 6.04. The van der Waals surface area contributed by atoms with Crippen molar-refractivity contribution in [3.05, 3.63) is 51.3 Å². The summed E-state index contributed by atoms with van der Waals surface area (Å²) >= 11 is 0. The Balaban J connectivity index is 1.23. The zero-order valence-electron chi connectivity index (χ0n) is 18.5. The van der Waals surface area contributed by atoms with E-state index in [-0.39, 0.29) is 18.0 Å². The number of aryl methyl sites for hydroxylation is 2. The van der Waals surface area contributed by atoms with Crippen molar-refractivity contribution in [2.24, 2.45) is 0 Å². The van der Waals surface area contributed by atoms with Crippen LogP contribution in [0, 0.1) is 0 Å². The standard InChI is InChI=1S/C25H29N3O4/c1-31-25(13-32-14-25)22-12-21(27-28(22)17-8-9-17)24(30)26-23(29)11-20-18-6-2-4-15(18)10-16-5-3-7-19(16)20/h10,12,17H,2-9,11,13-14H2,1H3,(H,26,29,30). The average molecular weight is 436 g/mol. The van der Waals surface area contributed by atoms with Gasteiger partial charge in [-0.3, -0.25) is 19.6 Å². The van der Waals surface area contributed by atoms with Crippen molar-refractivity contribution in [3.8, 4) is 0 Å². The maximum atomic E-state index is 13.0. The molecule has 3 aliphatic carbocycles. The van der Waals surface area contributed by atoms with E-state index in [4.69, 9.17) is 9.47 Å². The Morgan fingerprint density at radius 1 is 1.12 bits per heavy atom. The van der Waals surface area contributed by atoms with Crippen molar-refractivity contribution in [2.45, 2.75) is 69.4 Å². The first-order chi connectivity index (χ1) is 15.6. The van der Waals surface area contributed by atoms with Gasteiger partial charge in [0.05, 0.1) is 31.4 Å². The molecular weight excluding hydrogens is 406 g/mol. The van der Waals surface area contributed by atoms with Gasteiger partial charge in [0.15, 0.2) is 11.3 Å². The van der Waals surface area contributed by atoms with Crippen LogP contribution in [0.4, 0.5) is 0 Å². The first-order valence-corrected chi connectivity index (χ1v) is 11.8. The molecule has 1 saturated heterocycles. The van der Waals surface area contributed by atoms with Crippen molar-refractivity contribution in [2.75, 3.05) is 20.3 Å². The number of carbonyl (C=O) groups excluding carboxylic acids is 2. The van der Waals surface area contributed by atoms with Crippen LogP contribution in [-0.2, 0) is 52.0 Å². The zero-order valence-corrected chi connectivity index (χ0v) is 18.5. The zero-order chi connectivity index (χ0) is 21.9. The van der Waals surface area contributed by atoms with Gasteiger partial charge >= 0.3 is 0 Å². The third-order valence-electron chi connectivity index (χ3n) is 7.58. The van der Waals surface area contributed by atoms with E-state index in [1.807, 2.05) is 4.68 Å². The van der Waals surface area contributed by atoms with Gasteiger partial charge in [-0.05, 0) is 85.3 Å². The van der Waals surface area contributed by atoms with Gasteiger partial charge in [0.2, 0.25) is 5.91 Å². The summed E-state index contributed by atoms with van der Waals surface area (Å²) < 4.78 is 13.0. The minimum Gasteiger partial charge on any atom is -0.374 e. The molecule has 0 spiro atoms. The number of fused-ring (bicyclic) bond motifs is 2. The number of aromatic nitrogens is 2. The predicted octanol–water partition coefficient (Wildman–Crippen LogP) is 2.57. The maximum Gasteiger partial charge on any atom is 0.278 e. The number of rotatable bonds is 6. The largest absolute Gasteiger partial charge is 0.374 e. The van der Waals surface area contributed by atoms with Gasteiger partial charge in [0, 0.05) is 7.11 Å². The summed E-state index contributed by atoms with van der Waals surface area (Å²) in [6.45, 7) is 0.901. The fourth-order valence-electron chi connectivity index (χ4n) is 5.64. The minimum absolute atomic E-state index is 0.250. The number of methoxy groups -OCH3 is 1. The molecule has 7 nitrogen and oxygen atoms in total. The smallest absolute Gasteiger partial charge is 0.278 e. The van der Waals surface area contributed by atoms with E-state index < -0.39 is 11.5 Å². The van der Waals surface area contributed by atoms with Crippen molar-refractivity contribution in [1.29, 1.82) is 0 Å². The van der Waals surface area contributed by atoms with Crippen molar-refractivity contribution >= 4 is 11.8 Å². The van der Waals surface area contributed by atoms with Crippen LogP contribution in [0.5, 0.6) is 0 Å². The summed E-state index contributed by atoms with van der Waals surface area (Å²) in [6.07, 6.45) is 8.93. The molecule has 0 atom stereocenters. The molecule has 0 radical (unpaired) electrons. The number of imide groups is 1. The van der Waals surface area contributed by atoms with E-state index in [0.29, 0.717) is 19.3 Å². The fraction of sp³-hybridized carbons (Fsp3) is 0.560. The number of hydrogen-bond donors (Lipinski definition) is 1. The fourth-order valence-corrected chi connectivity index (χ4v) is 5.64. The van der Waals surface area contributed by atoms with Gasteiger partial charge in [0.25, 0.3) is 5.91 Å². The summed E-state index contributed by atoms with van der Waals surface area (Å²) in [5, 5.41) is 7.17. The molecule has 1 N–H and O–H groups in total. The second-order valence-electron chi connectivity index (χ2n) is 9.67. The van der Waals surface area contributed by atoms with E-state index in [2.05, 4.69) is 16.5 Å². The third kappa shape index (κ3) is 3.21. The Hall–Kier alpha value is -2.51. The van der Waals surface area contributed by atoms with Crippen LogP contribution >= 0.6 is 0 Å². The molecule has 168 valence electrons. The van der Waals surface area contributed by atoms with Gasteiger partial charge in [-0.25, -0.2) is 0 Å². The van der Waals surface area contributed by atoms with Crippen molar-refractivity contribution in [1.82, 2.24) is 15.1 Å². The average Bonchev–Trinajstić information content (AvgIpc) is 3.15. The molecular formula is C25H29N3O4. The summed E-state index contributed by atoms with van der Waals surface area (Å²) in [5.74, 6) is -0.688. The first-order valence-electron chi connectivity index (χ1n) is 11.8. The predicted molar refractivity (Wildman–Crippen MR) is 117 cm³/mol. The topological polar surface area (TPSA) is 82.5 Å². The normalized spacial score (nSPS) is 20.5. The van der Waals surface area contributed by atoms with E-state index in [9.17, 15) is 9.59 Å². The summed E-state index contributed by atoms with van der Waals surface area (Å²) in [4.78, 5) is 25.9. The Morgan fingerprint density at radius 3 is 2.38 bits per heavy atom. The highest BCUT2D eigenvalue weighted by Crippen LogP contribution is 2.41. The second-order valence-corrected chi connectivity index (χ2v) is 9.67. The number of carbonyl (C=O) groups is 2. The molecule has 7 heteroatoms. The van der Waals surface area contributed by atoms with Gasteiger partial charge in [-0.1, -0.05) is 6.07 Å². The molecule has 0 unspecified atom stereocenters. The molecule has 1 aliphatic heterocycles. The van der Waals surface area contributed by atoms with Crippen LogP contribution in [-0.4, -0.2) is 41.9 Å². The lowest BCUT2D eigenvalue weighted by atomic mass is 9.92. The van der Waals surface area contributed by atoms with Crippen LogP contribution in [0.1, 0.15) is 75.7 Å². The SMILES string of the molecule is COC1(c2cc(C(=O)NC(=O)Cc3c4c(cc5c3CCC5)CCC4)nn2C2CC2)COC1. The molecule has 2 heterocycles. The number of nitrogens with zero attached hydrogens (tertiary/aromatic N) is 2. The lowest BCUT2D eigenvalue weighted by molar-refractivity contribution is -0.206. The molecule has 2 amide bonds. The van der Waals surface area contributed by atoms with Gasteiger partial charge < -0.3 is 9.47 Å². The van der Waals surface area contributed by atoms with E-state index in [1.165, 1.54) is 27.8 Å². The molecule has 2 aromatic rings. The molecule has 32 heavy (non-hydrogen) atoms. The Labute approximate surface area is 187 Å². The minimum atomic E-state index is -0.552. The van der Waals surface area contributed by atoms with Crippen LogP contribution in [0.25, 0.3) is 0 Å². The van der Waals surface area contributed by atoms with Crippen LogP contribution in [0.3, 0.4) is 0 Å². The Kier molecular flexibility index (Phi) is 4.73. The quantitative estimate of drug-likeness (QED) is 0.754. The number of amides is 2. The number of ether oxygens (including phenoxy) is 2. The molecule has 1 aromatic carbocycles. The molecule has 0 bridgehead atoms. The monoisotopic (exact) mass is 435 g/mol. The van der Waals surface area contributed by atoms with Gasteiger partial charge in [-0.15, -0.1) is 0 Å². The highest BCUT2D eigenvalue weighted by Gasteiger charge is 2.46. The molecule has 2 fully saturated rings. The van der Waals surface area contributed by atoms with Crippen LogP contribution < -0.4 is 5.32 Å². The molecule has 1 saturated carbocycles. The van der Waals surface area contributed by atoms with Gasteiger partial charge in [-0.2, -0.15) is 5.10 Å². The lowest BCUT2D eigenvalue weighted by Gasteiger charge is -2.40. The summed E-state index contributed by atoms with van der Waals surface area (Å²) in [5.41, 5.74) is 7.26. The molecule has 6 rings (SSSR count). The second kappa shape index (κ2) is 7.52. The van der Waals surface area contributed by atoms with Crippen LogP contribution in [0.15, 0.2) is 12.1 Å². The number of benzene rings is 1. The molecule has 4 aliphatic rings. The third-order valence-corrected chi connectivity index (χ3v) is 7.58. The Bertz CT molecular complexity index is 1070.